The van der Waals surface area contributed by atoms with Gasteiger partial charge in [0.25, 0.3) is 0 Å². The van der Waals surface area contributed by atoms with Crippen LogP contribution >= 0.6 is 0 Å². The summed E-state index contributed by atoms with van der Waals surface area (Å²) in [4.78, 5) is 21.8. The second kappa shape index (κ2) is 10.5. The van der Waals surface area contributed by atoms with Crippen LogP contribution in [0.2, 0.25) is 0 Å². The number of hydrogen-bond acceptors (Lipinski definition) is 6. The normalized spacial score (nSPS) is 10.1. The molecule has 0 aliphatic heterocycles. The molecule has 0 aromatic rings. The number of rotatable bonds is 10. The lowest BCUT2D eigenvalue weighted by molar-refractivity contribution is -0.146. The molecule has 0 aliphatic rings. The van der Waals surface area contributed by atoms with E-state index in [1.165, 1.54) is 0 Å². The highest BCUT2D eigenvalue weighted by atomic mass is 16.6. The Morgan fingerprint density at radius 1 is 1.06 bits per heavy atom. The number of carbonyl (C=O) groups is 2. The molecule has 0 fully saturated rings. The number of nitrogens with two attached hydrogens (primary N) is 1. The molecule has 0 atom stereocenters. The Kier molecular flexibility index (Phi) is 9.89. The second-order valence-corrected chi connectivity index (χ2v) is 3.07. The summed E-state index contributed by atoms with van der Waals surface area (Å²) in [6.07, 6.45) is 0.216. The number of carbonyl (C=O) groups excluding carboxylic acids is 2. The molecule has 0 aromatic heterocycles. The second-order valence-electron chi connectivity index (χ2n) is 3.07. The van der Waals surface area contributed by atoms with Gasteiger partial charge in [-0.3, -0.25) is 9.59 Å². The Morgan fingerprint density at radius 3 is 2.38 bits per heavy atom. The summed E-state index contributed by atoms with van der Waals surface area (Å²) in [7, 11) is 1.58. The van der Waals surface area contributed by atoms with E-state index in [9.17, 15) is 9.59 Å². The monoisotopic (exact) mass is 233 g/mol. The van der Waals surface area contributed by atoms with E-state index >= 15 is 0 Å². The minimum atomic E-state index is -0.405. The fourth-order valence-electron chi connectivity index (χ4n) is 0.874. The molecule has 0 spiro atoms. The van der Waals surface area contributed by atoms with E-state index < -0.39 is 5.97 Å². The van der Waals surface area contributed by atoms with Crippen LogP contribution < -0.4 is 5.73 Å². The van der Waals surface area contributed by atoms with Gasteiger partial charge in [0, 0.05) is 13.5 Å². The maximum Gasteiger partial charge on any atom is 0.306 e. The van der Waals surface area contributed by atoms with Gasteiger partial charge in [0.2, 0.25) is 0 Å². The van der Waals surface area contributed by atoms with Crippen LogP contribution in [0.25, 0.3) is 0 Å². The molecule has 6 nitrogen and oxygen atoms in total. The van der Waals surface area contributed by atoms with Gasteiger partial charge in [-0.25, -0.2) is 0 Å². The van der Waals surface area contributed by atoms with E-state index in [4.69, 9.17) is 19.9 Å². The summed E-state index contributed by atoms with van der Waals surface area (Å²) in [5.41, 5.74) is 5.09. The number of ketones is 1. The Labute approximate surface area is 95.0 Å². The lowest BCUT2D eigenvalue weighted by atomic mass is 10.2. The molecule has 0 bridgehead atoms. The zero-order valence-corrected chi connectivity index (χ0v) is 9.57. The molecular weight excluding hydrogens is 214 g/mol. The van der Waals surface area contributed by atoms with Crippen molar-refractivity contribution in [1.82, 2.24) is 0 Å². The summed E-state index contributed by atoms with van der Waals surface area (Å²) in [5, 5.41) is 0. The predicted molar refractivity (Wildman–Crippen MR) is 56.9 cm³/mol. The third kappa shape index (κ3) is 9.57. The van der Waals surface area contributed by atoms with Gasteiger partial charge in [-0.15, -0.1) is 0 Å². The number of hydrogen-bond donors (Lipinski definition) is 1. The SMILES string of the molecule is COCCOCCOC(=O)CCC(=O)CN. The minimum Gasteiger partial charge on any atom is -0.463 e. The van der Waals surface area contributed by atoms with Crippen LogP contribution in [0, 0.1) is 0 Å². The van der Waals surface area contributed by atoms with Crippen LogP contribution in [0.3, 0.4) is 0 Å². The zero-order chi connectivity index (χ0) is 12.2. The minimum absolute atomic E-state index is 0.0343. The third-order valence-electron chi connectivity index (χ3n) is 1.76. The lowest BCUT2D eigenvalue weighted by Gasteiger charge is -2.05. The maximum absolute atomic E-state index is 11.1. The average molecular weight is 233 g/mol. The molecule has 0 rings (SSSR count). The fraction of sp³-hybridized carbons (Fsp3) is 0.800. The van der Waals surface area contributed by atoms with Crippen molar-refractivity contribution in [2.75, 3.05) is 40.1 Å². The molecule has 0 amide bonds. The van der Waals surface area contributed by atoms with Crippen molar-refractivity contribution in [3.63, 3.8) is 0 Å². The molecule has 94 valence electrons. The van der Waals surface area contributed by atoms with E-state index in [0.29, 0.717) is 19.8 Å². The molecule has 16 heavy (non-hydrogen) atoms. The molecule has 0 aliphatic carbocycles. The van der Waals surface area contributed by atoms with Crippen LogP contribution in [-0.4, -0.2) is 51.8 Å². The van der Waals surface area contributed by atoms with Crippen LogP contribution in [0.4, 0.5) is 0 Å². The first-order valence-corrected chi connectivity index (χ1v) is 5.14. The summed E-state index contributed by atoms with van der Waals surface area (Å²) >= 11 is 0. The zero-order valence-electron chi connectivity index (χ0n) is 9.57. The van der Waals surface area contributed by atoms with Crippen molar-refractivity contribution in [3.8, 4) is 0 Å². The van der Waals surface area contributed by atoms with Gasteiger partial charge in [-0.2, -0.15) is 0 Å². The molecule has 0 heterocycles. The fourth-order valence-corrected chi connectivity index (χ4v) is 0.874. The summed E-state index contributed by atoms with van der Waals surface area (Å²) in [5.74, 6) is -0.551. The van der Waals surface area contributed by atoms with Gasteiger partial charge < -0.3 is 19.9 Å². The maximum atomic E-state index is 11.1. The largest absolute Gasteiger partial charge is 0.463 e. The summed E-state index contributed by atoms with van der Waals surface area (Å²) in [6, 6.07) is 0. The molecule has 0 saturated heterocycles. The van der Waals surface area contributed by atoms with E-state index in [-0.39, 0.29) is 31.8 Å². The number of methoxy groups -OCH3 is 1. The molecule has 2 N–H and O–H groups in total. The highest BCUT2D eigenvalue weighted by Gasteiger charge is 2.06. The van der Waals surface area contributed by atoms with Gasteiger partial charge in [-0.05, 0) is 0 Å². The topological polar surface area (TPSA) is 87.9 Å². The smallest absolute Gasteiger partial charge is 0.306 e. The Morgan fingerprint density at radius 2 is 1.75 bits per heavy atom. The quantitative estimate of drug-likeness (QED) is 0.404. The standard InChI is InChI=1S/C10H19NO5/c1-14-4-5-15-6-7-16-10(13)3-2-9(12)8-11/h2-8,11H2,1H3. The van der Waals surface area contributed by atoms with Crippen molar-refractivity contribution in [2.24, 2.45) is 5.73 Å². The van der Waals surface area contributed by atoms with Gasteiger partial charge >= 0.3 is 5.97 Å². The molecule has 6 heteroatoms. The number of esters is 1. The Balaban J connectivity index is 3.27. The first-order chi connectivity index (χ1) is 7.70. The first kappa shape index (κ1) is 15.0. The third-order valence-corrected chi connectivity index (χ3v) is 1.76. The summed E-state index contributed by atoms with van der Waals surface area (Å²) in [6.45, 7) is 1.48. The van der Waals surface area contributed by atoms with Crippen LogP contribution in [0.5, 0.6) is 0 Å². The van der Waals surface area contributed by atoms with E-state index in [1.54, 1.807) is 7.11 Å². The molecule has 0 unspecified atom stereocenters. The Bertz CT molecular complexity index is 207. The van der Waals surface area contributed by atoms with Gasteiger partial charge in [0.05, 0.1) is 32.8 Å². The highest BCUT2D eigenvalue weighted by Crippen LogP contribution is 1.93. The number of ether oxygens (including phenoxy) is 3. The summed E-state index contributed by atoms with van der Waals surface area (Å²) < 4.78 is 14.7. The van der Waals surface area contributed by atoms with Crippen molar-refractivity contribution in [1.29, 1.82) is 0 Å². The molecule has 0 radical (unpaired) electrons. The molecule has 0 saturated carbocycles. The number of Topliss-reactive ketones (excluding diaryl/α,β-unsaturated/α-hetero) is 1. The predicted octanol–water partition coefficient (Wildman–Crippen LogP) is -0.499. The highest BCUT2D eigenvalue weighted by molar-refractivity contribution is 5.84. The first-order valence-electron chi connectivity index (χ1n) is 5.14. The van der Waals surface area contributed by atoms with E-state index in [1.807, 2.05) is 0 Å². The van der Waals surface area contributed by atoms with Crippen LogP contribution in [0.15, 0.2) is 0 Å². The van der Waals surface area contributed by atoms with Gasteiger partial charge in [0.1, 0.15) is 12.4 Å². The average Bonchev–Trinajstić information content (AvgIpc) is 2.30. The van der Waals surface area contributed by atoms with E-state index in [0.717, 1.165) is 0 Å². The van der Waals surface area contributed by atoms with Crippen molar-refractivity contribution >= 4 is 11.8 Å². The Hall–Kier alpha value is -0.980. The van der Waals surface area contributed by atoms with Crippen LogP contribution in [-0.2, 0) is 23.8 Å². The van der Waals surface area contributed by atoms with Gasteiger partial charge in [0.15, 0.2) is 0 Å². The van der Waals surface area contributed by atoms with Crippen molar-refractivity contribution in [2.45, 2.75) is 12.8 Å². The van der Waals surface area contributed by atoms with Crippen molar-refractivity contribution in [3.05, 3.63) is 0 Å². The molecular formula is C10H19NO5. The lowest BCUT2D eigenvalue weighted by Crippen LogP contribution is -2.17. The van der Waals surface area contributed by atoms with Gasteiger partial charge in [-0.1, -0.05) is 0 Å². The van der Waals surface area contributed by atoms with Crippen LogP contribution in [0.1, 0.15) is 12.8 Å². The molecule has 0 aromatic carbocycles. The van der Waals surface area contributed by atoms with E-state index in [2.05, 4.69) is 0 Å². The van der Waals surface area contributed by atoms with Crippen molar-refractivity contribution < 1.29 is 23.8 Å².